The zero-order valence-corrected chi connectivity index (χ0v) is 7.14. The lowest BCUT2D eigenvalue weighted by Crippen LogP contribution is -2.24. The minimum atomic E-state index is -5.15. The van der Waals surface area contributed by atoms with Crippen LogP contribution in [0.5, 0.6) is 0 Å². The molecule has 0 heterocycles. The molecule has 80 valence electrons. The monoisotopic (exact) mass is 220 g/mol. The molecule has 1 aromatic carbocycles. The fourth-order valence-electron chi connectivity index (χ4n) is 0.943. The Labute approximate surface area is 81.5 Å². The van der Waals surface area contributed by atoms with E-state index in [-0.39, 0.29) is 11.8 Å². The van der Waals surface area contributed by atoms with Crippen LogP contribution in [0.4, 0.5) is 17.6 Å². The average molecular weight is 220 g/mol. The Kier molecular flexibility index (Phi) is 2.88. The molecular weight excluding hydrogens is 216 g/mol. The van der Waals surface area contributed by atoms with Crippen molar-refractivity contribution in [1.82, 2.24) is 0 Å². The lowest BCUT2D eigenvalue weighted by Gasteiger charge is -2.06. The highest BCUT2D eigenvalue weighted by Gasteiger charge is 2.40. The second-order valence-corrected chi connectivity index (χ2v) is 2.68. The van der Waals surface area contributed by atoms with Gasteiger partial charge in [-0.3, -0.25) is 9.59 Å². The molecule has 0 bridgehead atoms. The predicted octanol–water partition coefficient (Wildman–Crippen LogP) is 2.38. The molecule has 0 radical (unpaired) electrons. The normalized spacial score (nSPS) is 11.2. The molecule has 0 fully saturated rings. The van der Waals surface area contributed by atoms with Gasteiger partial charge in [0, 0.05) is 5.56 Å². The molecule has 0 amide bonds. The molecule has 0 aliphatic rings. The molecule has 1 rings (SSSR count). The van der Waals surface area contributed by atoms with Crippen molar-refractivity contribution in [3.63, 3.8) is 0 Å². The number of halogens is 4. The number of Topliss-reactive ketones (excluding diaryl/α,β-unsaturated/α-hetero) is 1. The van der Waals surface area contributed by atoms with Gasteiger partial charge in [0.05, 0.1) is 5.56 Å². The van der Waals surface area contributed by atoms with Crippen LogP contribution in [-0.4, -0.2) is 18.2 Å². The van der Waals surface area contributed by atoms with Crippen molar-refractivity contribution in [3.8, 4) is 0 Å². The molecule has 0 saturated heterocycles. The van der Waals surface area contributed by atoms with Crippen molar-refractivity contribution in [2.24, 2.45) is 0 Å². The maximum absolute atomic E-state index is 12.8. The number of alkyl halides is 3. The van der Waals surface area contributed by atoms with Gasteiger partial charge in [-0.15, -0.1) is 0 Å². The molecule has 15 heavy (non-hydrogen) atoms. The number of hydrogen-bond donors (Lipinski definition) is 0. The second-order valence-electron chi connectivity index (χ2n) is 2.68. The highest BCUT2D eigenvalue weighted by atomic mass is 19.4. The van der Waals surface area contributed by atoms with Gasteiger partial charge in [-0.25, -0.2) is 4.39 Å². The van der Waals surface area contributed by atoms with Crippen LogP contribution in [0, 0.1) is 5.82 Å². The van der Waals surface area contributed by atoms with E-state index < -0.39 is 23.3 Å². The van der Waals surface area contributed by atoms with Crippen LogP contribution in [0.15, 0.2) is 18.2 Å². The van der Waals surface area contributed by atoms with Crippen molar-refractivity contribution in [3.05, 3.63) is 35.1 Å². The fourth-order valence-corrected chi connectivity index (χ4v) is 0.943. The Morgan fingerprint density at radius 3 is 2.33 bits per heavy atom. The summed E-state index contributed by atoms with van der Waals surface area (Å²) in [6, 6.07) is 2.19. The zero-order valence-electron chi connectivity index (χ0n) is 7.14. The lowest BCUT2D eigenvalue weighted by atomic mass is 10.1. The van der Waals surface area contributed by atoms with E-state index in [0.29, 0.717) is 12.1 Å². The van der Waals surface area contributed by atoms with Crippen LogP contribution in [0.1, 0.15) is 20.7 Å². The summed E-state index contributed by atoms with van der Waals surface area (Å²) in [5, 5.41) is 0. The van der Waals surface area contributed by atoms with Gasteiger partial charge in [0.2, 0.25) is 0 Å². The molecule has 6 heteroatoms. The van der Waals surface area contributed by atoms with Crippen LogP contribution in [0.3, 0.4) is 0 Å². The van der Waals surface area contributed by atoms with E-state index >= 15 is 0 Å². The van der Waals surface area contributed by atoms with Gasteiger partial charge in [-0.1, -0.05) is 0 Å². The third-order valence-corrected chi connectivity index (χ3v) is 1.63. The average Bonchev–Trinajstić information content (AvgIpc) is 2.16. The van der Waals surface area contributed by atoms with Gasteiger partial charge in [0.1, 0.15) is 12.1 Å². The van der Waals surface area contributed by atoms with E-state index in [9.17, 15) is 27.2 Å². The number of carbonyl (C=O) groups is 2. The maximum atomic E-state index is 12.8. The zero-order chi connectivity index (χ0) is 11.6. The third kappa shape index (κ3) is 2.39. The molecule has 1 aromatic rings. The molecule has 0 saturated carbocycles. The molecule has 0 aliphatic carbocycles. The minimum absolute atomic E-state index is 0.191. The molecule has 2 nitrogen and oxygen atoms in total. The predicted molar refractivity (Wildman–Crippen MR) is 42.2 cm³/mol. The number of carbonyl (C=O) groups excluding carboxylic acids is 2. The Morgan fingerprint density at radius 1 is 1.27 bits per heavy atom. The molecule has 0 unspecified atom stereocenters. The summed E-state index contributed by atoms with van der Waals surface area (Å²) in [6.07, 6.45) is -4.92. The van der Waals surface area contributed by atoms with Crippen molar-refractivity contribution in [1.29, 1.82) is 0 Å². The van der Waals surface area contributed by atoms with E-state index in [0.717, 1.165) is 6.07 Å². The topological polar surface area (TPSA) is 34.1 Å². The van der Waals surface area contributed by atoms with Crippen molar-refractivity contribution >= 4 is 12.1 Å². The van der Waals surface area contributed by atoms with Crippen LogP contribution in [0.25, 0.3) is 0 Å². The van der Waals surface area contributed by atoms with Crippen LogP contribution >= 0.6 is 0 Å². The van der Waals surface area contributed by atoms with E-state index in [2.05, 4.69) is 0 Å². The summed E-state index contributed by atoms with van der Waals surface area (Å²) in [7, 11) is 0. The molecule has 0 atom stereocenters. The van der Waals surface area contributed by atoms with E-state index in [1.54, 1.807) is 0 Å². The Bertz CT molecular complexity index is 409. The van der Waals surface area contributed by atoms with Gasteiger partial charge in [-0.05, 0) is 18.2 Å². The highest BCUT2D eigenvalue weighted by molar-refractivity contribution is 6.01. The van der Waals surface area contributed by atoms with Crippen LogP contribution in [-0.2, 0) is 0 Å². The van der Waals surface area contributed by atoms with Gasteiger partial charge < -0.3 is 0 Å². The molecule has 0 spiro atoms. The molecular formula is C9H4F4O2. The molecule has 0 aliphatic heterocycles. The summed E-state index contributed by atoms with van der Waals surface area (Å²) < 4.78 is 48.7. The molecule has 0 N–H and O–H groups in total. The molecule has 0 aromatic heterocycles. The van der Waals surface area contributed by atoms with Gasteiger partial charge in [0.25, 0.3) is 5.78 Å². The van der Waals surface area contributed by atoms with E-state index in [1.165, 1.54) is 0 Å². The minimum Gasteiger partial charge on any atom is -0.298 e. The van der Waals surface area contributed by atoms with Crippen molar-refractivity contribution in [2.75, 3.05) is 0 Å². The first kappa shape index (κ1) is 11.4. The first-order valence-electron chi connectivity index (χ1n) is 3.72. The van der Waals surface area contributed by atoms with Gasteiger partial charge in [-0.2, -0.15) is 13.2 Å². The Hall–Kier alpha value is -1.72. The first-order chi connectivity index (χ1) is 6.86. The third-order valence-electron chi connectivity index (χ3n) is 1.63. The smallest absolute Gasteiger partial charge is 0.298 e. The maximum Gasteiger partial charge on any atom is 0.454 e. The number of ketones is 1. The summed E-state index contributed by atoms with van der Waals surface area (Å²) in [5.41, 5.74) is -1.34. The first-order valence-corrected chi connectivity index (χ1v) is 3.72. The fraction of sp³-hybridized carbons (Fsp3) is 0.111. The number of aldehydes is 1. The van der Waals surface area contributed by atoms with E-state index in [4.69, 9.17) is 0 Å². The summed E-state index contributed by atoms with van der Waals surface area (Å²) in [4.78, 5) is 20.9. The summed E-state index contributed by atoms with van der Waals surface area (Å²) >= 11 is 0. The van der Waals surface area contributed by atoms with Gasteiger partial charge in [0.15, 0.2) is 0 Å². The lowest BCUT2D eigenvalue weighted by molar-refractivity contribution is -0.0887. The highest BCUT2D eigenvalue weighted by Crippen LogP contribution is 2.23. The van der Waals surface area contributed by atoms with Crippen LogP contribution in [0.2, 0.25) is 0 Å². The largest absolute Gasteiger partial charge is 0.454 e. The number of rotatable bonds is 2. The number of hydrogen-bond acceptors (Lipinski definition) is 2. The van der Waals surface area contributed by atoms with E-state index in [1.807, 2.05) is 0 Å². The second kappa shape index (κ2) is 3.80. The summed E-state index contributed by atoms with van der Waals surface area (Å²) in [5.74, 6) is -3.60. The quantitative estimate of drug-likeness (QED) is 0.435. The van der Waals surface area contributed by atoms with Crippen LogP contribution < -0.4 is 0 Å². The SMILES string of the molecule is O=Cc1ccc(F)c(C(=O)C(F)(F)F)c1. The Morgan fingerprint density at radius 2 is 1.87 bits per heavy atom. The van der Waals surface area contributed by atoms with Gasteiger partial charge >= 0.3 is 6.18 Å². The standard InChI is InChI=1S/C9H4F4O2/c10-7-2-1-5(4-14)3-6(7)8(15)9(11,12)13/h1-4H. The Balaban J connectivity index is 3.24. The van der Waals surface area contributed by atoms with Crippen molar-refractivity contribution < 1.29 is 27.2 Å². The number of benzene rings is 1. The summed E-state index contributed by atoms with van der Waals surface area (Å²) in [6.45, 7) is 0. The van der Waals surface area contributed by atoms with Crippen molar-refractivity contribution in [2.45, 2.75) is 6.18 Å².